The molecule has 2 aromatic carbocycles. The van der Waals surface area contributed by atoms with Gasteiger partial charge in [0, 0.05) is 11.6 Å². The Hall–Kier alpha value is -2.70. The molecule has 1 heterocycles. The highest BCUT2D eigenvalue weighted by Crippen LogP contribution is 2.48. The topological polar surface area (TPSA) is 96.2 Å². The summed E-state index contributed by atoms with van der Waals surface area (Å²) < 4.78 is 11.2. The van der Waals surface area contributed by atoms with Gasteiger partial charge in [-0.15, -0.1) is 0 Å². The fourth-order valence-corrected chi connectivity index (χ4v) is 3.05. The number of rotatable bonds is 3. The molecule has 0 bridgehead atoms. The number of phenols is 2. The number of halogens is 1. The zero-order chi connectivity index (χ0) is 19.9. The lowest BCUT2D eigenvalue weighted by atomic mass is 10.0. The summed E-state index contributed by atoms with van der Waals surface area (Å²) in [7, 11) is 0. The molecule has 0 atom stereocenters. The number of fused-ring (bicyclic) bond motifs is 2. The van der Waals surface area contributed by atoms with Crippen LogP contribution in [-0.2, 0) is 13.0 Å². The second-order valence-corrected chi connectivity index (χ2v) is 6.91. The van der Waals surface area contributed by atoms with Gasteiger partial charge in [0.05, 0.1) is 17.2 Å². The van der Waals surface area contributed by atoms with Crippen LogP contribution in [0.5, 0.6) is 28.7 Å². The van der Waals surface area contributed by atoms with Gasteiger partial charge < -0.3 is 24.8 Å². The number of phenolic OH excluding ortho intramolecular Hbond substituents is 1. The molecule has 0 aliphatic carbocycles. The predicted molar refractivity (Wildman–Crippen MR) is 100 cm³/mol. The first-order chi connectivity index (χ1) is 12.7. The van der Waals surface area contributed by atoms with E-state index >= 15 is 0 Å². The van der Waals surface area contributed by atoms with Gasteiger partial charge >= 0.3 is 5.97 Å². The van der Waals surface area contributed by atoms with Gasteiger partial charge in [-0.05, 0) is 38.8 Å². The summed E-state index contributed by atoms with van der Waals surface area (Å²) in [5.74, 6) is -0.933. The number of ether oxygens (including phenoxy) is 2. The molecule has 7 heteroatoms. The van der Waals surface area contributed by atoms with E-state index in [0.29, 0.717) is 12.0 Å². The third kappa shape index (κ3) is 3.34. The summed E-state index contributed by atoms with van der Waals surface area (Å²) in [6, 6.07) is 2.87. The van der Waals surface area contributed by atoms with Gasteiger partial charge in [0.1, 0.15) is 17.1 Å². The Morgan fingerprint density at radius 1 is 1.19 bits per heavy atom. The number of esters is 1. The Morgan fingerprint density at radius 3 is 2.48 bits per heavy atom. The first-order valence-electron chi connectivity index (χ1n) is 8.28. The van der Waals surface area contributed by atoms with Crippen LogP contribution >= 0.6 is 11.6 Å². The lowest BCUT2D eigenvalue weighted by Gasteiger charge is -2.16. The van der Waals surface area contributed by atoms with E-state index in [1.807, 2.05) is 19.9 Å². The molecule has 2 aromatic rings. The maximum Gasteiger partial charge on any atom is 0.347 e. The molecule has 1 aliphatic heterocycles. The quantitative estimate of drug-likeness (QED) is 0.408. The summed E-state index contributed by atoms with van der Waals surface area (Å²) in [6.07, 6.45) is 2.39. The van der Waals surface area contributed by atoms with Crippen molar-refractivity contribution in [2.45, 2.75) is 33.8 Å². The average Bonchev–Trinajstić information content (AvgIpc) is 2.74. The van der Waals surface area contributed by atoms with Crippen LogP contribution in [0.1, 0.15) is 40.9 Å². The van der Waals surface area contributed by atoms with Gasteiger partial charge in [0.25, 0.3) is 0 Å². The van der Waals surface area contributed by atoms with Crippen LogP contribution in [0.3, 0.4) is 0 Å². The molecule has 0 saturated heterocycles. The molecule has 0 unspecified atom stereocenters. The Labute approximate surface area is 161 Å². The third-order valence-corrected chi connectivity index (χ3v) is 4.81. The molecular formula is C20H19ClO6. The minimum absolute atomic E-state index is 0.0170. The molecule has 142 valence electrons. The first-order valence-corrected chi connectivity index (χ1v) is 8.66. The van der Waals surface area contributed by atoms with E-state index in [-0.39, 0.29) is 50.5 Å². The highest BCUT2D eigenvalue weighted by atomic mass is 35.5. The smallest absolute Gasteiger partial charge is 0.347 e. The van der Waals surface area contributed by atoms with E-state index in [1.54, 1.807) is 6.92 Å². The minimum Gasteiger partial charge on any atom is -0.508 e. The van der Waals surface area contributed by atoms with Crippen molar-refractivity contribution >= 4 is 17.6 Å². The number of aromatic hydroxyl groups is 2. The largest absolute Gasteiger partial charge is 0.508 e. The normalized spacial score (nSPS) is 12.4. The molecule has 0 saturated carbocycles. The van der Waals surface area contributed by atoms with Gasteiger partial charge in [-0.3, -0.25) is 0 Å². The summed E-state index contributed by atoms with van der Waals surface area (Å²) in [6.45, 7) is 4.83. The number of carbonyl (C=O) groups excluding carboxylic acids is 1. The van der Waals surface area contributed by atoms with E-state index in [4.69, 9.17) is 21.1 Å². The van der Waals surface area contributed by atoms with Crippen molar-refractivity contribution < 1.29 is 29.6 Å². The van der Waals surface area contributed by atoms with Crippen molar-refractivity contribution in [3.63, 3.8) is 0 Å². The second kappa shape index (κ2) is 7.13. The highest BCUT2D eigenvalue weighted by molar-refractivity contribution is 6.33. The monoisotopic (exact) mass is 390 g/mol. The van der Waals surface area contributed by atoms with Crippen LogP contribution in [0.2, 0.25) is 5.02 Å². The van der Waals surface area contributed by atoms with Gasteiger partial charge in [-0.2, -0.15) is 0 Å². The van der Waals surface area contributed by atoms with Crippen molar-refractivity contribution in [1.82, 2.24) is 0 Å². The van der Waals surface area contributed by atoms with E-state index < -0.39 is 12.6 Å². The van der Waals surface area contributed by atoms with Crippen molar-refractivity contribution in [2.24, 2.45) is 0 Å². The summed E-state index contributed by atoms with van der Waals surface area (Å²) in [4.78, 5) is 12.7. The van der Waals surface area contributed by atoms with Gasteiger partial charge in [0.2, 0.25) is 0 Å². The van der Waals surface area contributed by atoms with Crippen LogP contribution in [0.15, 0.2) is 23.8 Å². The van der Waals surface area contributed by atoms with Crippen LogP contribution in [0, 0.1) is 6.92 Å². The molecular weight excluding hydrogens is 372 g/mol. The molecule has 3 N–H and O–H groups in total. The molecule has 6 nitrogen and oxygen atoms in total. The van der Waals surface area contributed by atoms with Crippen molar-refractivity contribution in [3.8, 4) is 28.7 Å². The fraction of sp³-hybridized carbons (Fsp3) is 0.250. The number of carbonyl (C=O) groups is 1. The van der Waals surface area contributed by atoms with Crippen LogP contribution in [0.25, 0.3) is 0 Å². The fourth-order valence-electron chi connectivity index (χ4n) is 2.84. The summed E-state index contributed by atoms with van der Waals surface area (Å²) >= 11 is 6.08. The van der Waals surface area contributed by atoms with E-state index in [0.717, 1.165) is 5.57 Å². The molecule has 0 spiro atoms. The standard InChI is InChI=1S/C20H19ClO6/c1-9(2)4-5-11-6-14-15(7-13(11)23)26-19-12(8-22)18(24)17(21)10(3)16(19)20(25)27-14/h4,6-7,22-24H,5,8H2,1-3H3. The number of benzene rings is 2. The van der Waals surface area contributed by atoms with Crippen LogP contribution in [-0.4, -0.2) is 21.3 Å². The molecule has 3 rings (SSSR count). The van der Waals surface area contributed by atoms with Crippen molar-refractivity contribution in [3.05, 3.63) is 51.1 Å². The molecule has 27 heavy (non-hydrogen) atoms. The molecule has 0 amide bonds. The van der Waals surface area contributed by atoms with E-state index in [2.05, 4.69) is 0 Å². The number of aliphatic hydroxyl groups is 1. The Balaban J connectivity index is 2.18. The molecule has 1 aliphatic rings. The van der Waals surface area contributed by atoms with E-state index in [9.17, 15) is 20.1 Å². The zero-order valence-electron chi connectivity index (χ0n) is 15.1. The Morgan fingerprint density at radius 2 is 1.85 bits per heavy atom. The zero-order valence-corrected chi connectivity index (χ0v) is 15.8. The maximum atomic E-state index is 12.7. The van der Waals surface area contributed by atoms with Gasteiger partial charge in [0.15, 0.2) is 17.2 Å². The number of hydrogen-bond acceptors (Lipinski definition) is 6. The highest BCUT2D eigenvalue weighted by Gasteiger charge is 2.32. The predicted octanol–water partition coefficient (Wildman–Crippen LogP) is 4.39. The van der Waals surface area contributed by atoms with Crippen molar-refractivity contribution in [1.29, 1.82) is 0 Å². The van der Waals surface area contributed by atoms with Crippen LogP contribution < -0.4 is 9.47 Å². The molecule has 0 fully saturated rings. The third-order valence-electron chi connectivity index (χ3n) is 4.35. The van der Waals surface area contributed by atoms with Gasteiger partial charge in [-0.1, -0.05) is 23.3 Å². The molecule has 0 aromatic heterocycles. The van der Waals surface area contributed by atoms with Crippen LogP contribution in [0.4, 0.5) is 0 Å². The number of allylic oxidation sites excluding steroid dienone is 2. The van der Waals surface area contributed by atoms with E-state index in [1.165, 1.54) is 12.1 Å². The van der Waals surface area contributed by atoms with Gasteiger partial charge in [-0.25, -0.2) is 4.79 Å². The minimum atomic E-state index is -0.725. The second-order valence-electron chi connectivity index (χ2n) is 6.53. The number of aliphatic hydroxyl groups excluding tert-OH is 1. The Kier molecular flexibility index (Phi) is 5.04. The SMILES string of the molecule is CC(C)=CCc1cc2c(cc1O)Oc1c(CO)c(O)c(Cl)c(C)c1C(=O)O2. The average molecular weight is 391 g/mol. The Bertz CT molecular complexity index is 973. The molecule has 0 radical (unpaired) electrons. The summed E-state index contributed by atoms with van der Waals surface area (Å²) in [5, 5.41) is 30.1. The lowest BCUT2D eigenvalue weighted by molar-refractivity contribution is 0.0736. The maximum absolute atomic E-state index is 12.7. The van der Waals surface area contributed by atoms with Crippen molar-refractivity contribution in [2.75, 3.05) is 0 Å². The first kappa shape index (κ1) is 19.1. The number of hydrogen-bond donors (Lipinski definition) is 3. The lowest BCUT2D eigenvalue weighted by Crippen LogP contribution is -2.11. The summed E-state index contributed by atoms with van der Waals surface area (Å²) in [5.41, 5.74) is 1.91.